The molecule has 0 aromatic carbocycles. The first-order valence-corrected chi connectivity index (χ1v) is 7.56. The molecule has 4 nitrogen and oxygen atoms in total. The summed E-state index contributed by atoms with van der Waals surface area (Å²) in [5.41, 5.74) is 0. The summed E-state index contributed by atoms with van der Waals surface area (Å²) in [6.07, 6.45) is 8.96. The van der Waals surface area contributed by atoms with Crippen LogP contribution in [0.5, 0.6) is 0 Å². The van der Waals surface area contributed by atoms with Crippen LogP contribution in [0.1, 0.15) is 25.7 Å². The lowest BCUT2D eigenvalue weighted by Gasteiger charge is -2.32. The van der Waals surface area contributed by atoms with Crippen molar-refractivity contribution in [2.75, 3.05) is 24.5 Å². The van der Waals surface area contributed by atoms with E-state index in [0.29, 0.717) is 0 Å². The van der Waals surface area contributed by atoms with Gasteiger partial charge < -0.3 is 10.2 Å². The monoisotopic (exact) mass is 310 g/mol. The summed E-state index contributed by atoms with van der Waals surface area (Å²) in [7, 11) is 0. The van der Waals surface area contributed by atoms with Crippen LogP contribution in [-0.4, -0.2) is 35.6 Å². The molecular weight excluding hydrogens is 292 g/mol. The van der Waals surface area contributed by atoms with Crippen molar-refractivity contribution in [3.8, 4) is 0 Å². The number of hydrogen-bond donors (Lipinski definition) is 1. The molecule has 5 heteroatoms. The van der Waals surface area contributed by atoms with Crippen LogP contribution in [-0.2, 0) is 0 Å². The normalized spacial score (nSPS) is 24.3. The predicted molar refractivity (Wildman–Crippen MR) is 75.7 cm³/mol. The van der Waals surface area contributed by atoms with Crippen molar-refractivity contribution < 1.29 is 0 Å². The van der Waals surface area contributed by atoms with Gasteiger partial charge in [0.25, 0.3) is 0 Å². The van der Waals surface area contributed by atoms with Gasteiger partial charge in [0.15, 0.2) is 0 Å². The molecule has 1 aromatic heterocycles. The quantitative estimate of drug-likeness (QED) is 0.925. The summed E-state index contributed by atoms with van der Waals surface area (Å²) in [6.45, 7) is 3.32. The minimum absolute atomic E-state index is 0.742. The molecule has 1 aromatic rings. The Hall–Kier alpha value is -0.680. The summed E-state index contributed by atoms with van der Waals surface area (Å²) in [5, 5.41) is 3.63. The summed E-state index contributed by atoms with van der Waals surface area (Å²) >= 11 is 3.38. The smallest absolute Gasteiger partial charge is 0.225 e. The summed E-state index contributed by atoms with van der Waals surface area (Å²) < 4.78 is 0.940. The highest BCUT2D eigenvalue weighted by Gasteiger charge is 2.25. The SMILES string of the molecule is Brc1cnc(N2CCCC(CNC3CC3)C2)nc1. The molecule has 0 amide bonds. The van der Waals surface area contributed by atoms with Crippen molar-refractivity contribution in [1.82, 2.24) is 15.3 Å². The van der Waals surface area contributed by atoms with Gasteiger partial charge in [0.05, 0.1) is 4.47 Å². The number of piperidine rings is 1. The van der Waals surface area contributed by atoms with Crippen LogP contribution in [0.2, 0.25) is 0 Å². The first kappa shape index (κ1) is 12.4. The van der Waals surface area contributed by atoms with Crippen molar-refractivity contribution in [2.24, 2.45) is 5.92 Å². The van der Waals surface area contributed by atoms with Crippen LogP contribution in [0.25, 0.3) is 0 Å². The molecule has 0 spiro atoms. The number of halogens is 1. The zero-order valence-corrected chi connectivity index (χ0v) is 12.1. The first-order valence-electron chi connectivity index (χ1n) is 6.77. The fraction of sp³-hybridized carbons (Fsp3) is 0.692. The van der Waals surface area contributed by atoms with Crippen molar-refractivity contribution in [3.05, 3.63) is 16.9 Å². The molecule has 2 fully saturated rings. The summed E-state index contributed by atoms with van der Waals surface area (Å²) in [5.74, 6) is 1.61. The highest BCUT2D eigenvalue weighted by Crippen LogP contribution is 2.23. The fourth-order valence-corrected chi connectivity index (χ4v) is 2.71. The Labute approximate surface area is 116 Å². The van der Waals surface area contributed by atoms with Crippen LogP contribution >= 0.6 is 15.9 Å². The second-order valence-corrected chi connectivity index (χ2v) is 6.25. The van der Waals surface area contributed by atoms with Gasteiger partial charge in [0, 0.05) is 31.5 Å². The highest BCUT2D eigenvalue weighted by atomic mass is 79.9. The average molecular weight is 311 g/mol. The van der Waals surface area contributed by atoms with E-state index in [4.69, 9.17) is 0 Å². The zero-order valence-electron chi connectivity index (χ0n) is 10.5. The standard InChI is InChI=1S/C13H19BrN4/c14-11-7-16-13(17-8-11)18-5-1-2-10(9-18)6-15-12-3-4-12/h7-8,10,12,15H,1-6,9H2. The minimum atomic E-state index is 0.742. The molecule has 1 aliphatic heterocycles. The van der Waals surface area contributed by atoms with Crippen LogP contribution in [0.3, 0.4) is 0 Å². The lowest BCUT2D eigenvalue weighted by Crippen LogP contribution is -2.40. The van der Waals surface area contributed by atoms with E-state index in [-0.39, 0.29) is 0 Å². The third-order valence-corrected chi connectivity index (χ3v) is 4.09. The van der Waals surface area contributed by atoms with E-state index in [2.05, 4.69) is 36.1 Å². The van der Waals surface area contributed by atoms with E-state index in [1.807, 2.05) is 12.4 Å². The summed E-state index contributed by atoms with van der Waals surface area (Å²) in [4.78, 5) is 11.1. The van der Waals surface area contributed by atoms with Crippen molar-refractivity contribution >= 4 is 21.9 Å². The van der Waals surface area contributed by atoms with Gasteiger partial charge in [-0.1, -0.05) is 0 Å². The zero-order chi connectivity index (χ0) is 12.4. The highest BCUT2D eigenvalue weighted by molar-refractivity contribution is 9.10. The Morgan fingerprint density at radius 2 is 2.06 bits per heavy atom. The Morgan fingerprint density at radius 3 is 2.78 bits per heavy atom. The molecule has 3 rings (SSSR count). The number of anilines is 1. The molecule has 1 saturated carbocycles. The topological polar surface area (TPSA) is 41.1 Å². The number of nitrogens with zero attached hydrogens (tertiary/aromatic N) is 3. The maximum Gasteiger partial charge on any atom is 0.225 e. The van der Waals surface area contributed by atoms with E-state index >= 15 is 0 Å². The molecule has 2 heterocycles. The Balaban J connectivity index is 1.56. The van der Waals surface area contributed by atoms with Gasteiger partial charge >= 0.3 is 0 Å². The Bertz CT molecular complexity index is 390. The van der Waals surface area contributed by atoms with E-state index in [1.54, 1.807) is 0 Å². The van der Waals surface area contributed by atoms with Gasteiger partial charge in [0.1, 0.15) is 0 Å². The van der Waals surface area contributed by atoms with Gasteiger partial charge in [-0.2, -0.15) is 0 Å². The largest absolute Gasteiger partial charge is 0.341 e. The van der Waals surface area contributed by atoms with Crippen LogP contribution in [0.4, 0.5) is 5.95 Å². The lowest BCUT2D eigenvalue weighted by molar-refractivity contribution is 0.388. The molecule has 1 aliphatic carbocycles. The minimum Gasteiger partial charge on any atom is -0.341 e. The van der Waals surface area contributed by atoms with E-state index < -0.39 is 0 Å². The molecule has 0 bridgehead atoms. The van der Waals surface area contributed by atoms with E-state index in [1.165, 1.54) is 25.7 Å². The molecular formula is C13H19BrN4. The number of aromatic nitrogens is 2. The van der Waals surface area contributed by atoms with Crippen molar-refractivity contribution in [1.29, 1.82) is 0 Å². The molecule has 98 valence electrons. The maximum atomic E-state index is 4.39. The molecule has 1 unspecified atom stereocenters. The van der Waals surface area contributed by atoms with Crippen LogP contribution in [0, 0.1) is 5.92 Å². The predicted octanol–water partition coefficient (Wildman–Crippen LogP) is 2.21. The van der Waals surface area contributed by atoms with Gasteiger partial charge in [-0.15, -0.1) is 0 Å². The fourth-order valence-electron chi connectivity index (χ4n) is 2.50. The van der Waals surface area contributed by atoms with Crippen molar-refractivity contribution in [2.45, 2.75) is 31.7 Å². The van der Waals surface area contributed by atoms with Gasteiger partial charge in [0.2, 0.25) is 5.95 Å². The summed E-state index contributed by atoms with van der Waals surface area (Å²) in [6, 6.07) is 0.810. The first-order chi connectivity index (χ1) is 8.81. The van der Waals surface area contributed by atoms with E-state index in [0.717, 1.165) is 42.0 Å². The number of nitrogens with one attached hydrogen (secondary N) is 1. The average Bonchev–Trinajstić information content (AvgIpc) is 3.22. The second-order valence-electron chi connectivity index (χ2n) is 5.34. The number of rotatable bonds is 4. The van der Waals surface area contributed by atoms with Crippen LogP contribution in [0.15, 0.2) is 16.9 Å². The van der Waals surface area contributed by atoms with Gasteiger partial charge in [-0.05, 0) is 54.1 Å². The van der Waals surface area contributed by atoms with Gasteiger partial charge in [-0.25, -0.2) is 9.97 Å². The van der Waals surface area contributed by atoms with Gasteiger partial charge in [-0.3, -0.25) is 0 Å². The Morgan fingerprint density at radius 1 is 1.28 bits per heavy atom. The lowest BCUT2D eigenvalue weighted by atomic mass is 9.98. The third kappa shape index (κ3) is 3.20. The molecule has 2 aliphatic rings. The molecule has 1 N–H and O–H groups in total. The molecule has 18 heavy (non-hydrogen) atoms. The Kier molecular flexibility index (Phi) is 3.80. The molecule has 1 atom stereocenters. The maximum absolute atomic E-state index is 4.39. The number of hydrogen-bond acceptors (Lipinski definition) is 4. The van der Waals surface area contributed by atoms with Crippen molar-refractivity contribution in [3.63, 3.8) is 0 Å². The second kappa shape index (κ2) is 5.53. The molecule has 1 saturated heterocycles. The third-order valence-electron chi connectivity index (χ3n) is 3.68. The molecule has 0 radical (unpaired) electrons. The van der Waals surface area contributed by atoms with Crippen LogP contribution < -0.4 is 10.2 Å². The van der Waals surface area contributed by atoms with E-state index in [9.17, 15) is 0 Å².